The molecule has 0 bridgehead atoms. The monoisotopic (exact) mass is 459 g/mol. The first kappa shape index (κ1) is 22.1. The second-order valence-electron chi connectivity index (χ2n) is 7.41. The van der Waals surface area contributed by atoms with E-state index in [1.807, 2.05) is 48.5 Å². The first-order valence-electron chi connectivity index (χ1n) is 10.3. The van der Waals surface area contributed by atoms with Crippen molar-refractivity contribution < 1.29 is 4.79 Å². The lowest BCUT2D eigenvalue weighted by molar-refractivity contribution is 0.102. The van der Waals surface area contributed by atoms with Gasteiger partial charge in [-0.25, -0.2) is 4.98 Å². The van der Waals surface area contributed by atoms with Crippen molar-refractivity contribution >= 4 is 39.8 Å². The van der Waals surface area contributed by atoms with Gasteiger partial charge >= 0.3 is 0 Å². The molecule has 0 aliphatic rings. The fourth-order valence-electron chi connectivity index (χ4n) is 3.56. The minimum absolute atomic E-state index is 0.109. The summed E-state index contributed by atoms with van der Waals surface area (Å²) in [5.74, 6) is 0.678. The number of benzene rings is 2. The largest absolute Gasteiger partial charge is 0.359 e. The molecule has 0 unspecified atom stereocenters. The van der Waals surface area contributed by atoms with Crippen LogP contribution in [0.3, 0.4) is 0 Å². The topological polar surface area (TPSA) is 54.0 Å². The van der Waals surface area contributed by atoms with E-state index < -0.39 is 0 Å². The number of amides is 1. The molecule has 1 atom stereocenters. The van der Waals surface area contributed by atoms with Crippen LogP contribution >= 0.6 is 23.1 Å². The number of thioether (sulfide) groups is 1. The molecule has 4 nitrogen and oxygen atoms in total. The molecule has 0 aliphatic carbocycles. The van der Waals surface area contributed by atoms with Gasteiger partial charge in [-0.1, -0.05) is 36.4 Å². The van der Waals surface area contributed by atoms with E-state index in [0.717, 1.165) is 21.9 Å². The summed E-state index contributed by atoms with van der Waals surface area (Å²) in [4.78, 5) is 19.8. The van der Waals surface area contributed by atoms with Crippen LogP contribution in [0.2, 0.25) is 0 Å². The molecule has 6 heteroatoms. The highest BCUT2D eigenvalue weighted by molar-refractivity contribution is 7.98. The van der Waals surface area contributed by atoms with E-state index in [0.29, 0.717) is 5.56 Å². The third-order valence-corrected chi connectivity index (χ3v) is 7.27. The van der Waals surface area contributed by atoms with Crippen molar-refractivity contribution in [2.45, 2.75) is 24.8 Å². The maximum Gasteiger partial charge on any atom is 0.256 e. The van der Waals surface area contributed by atoms with Gasteiger partial charge in [0, 0.05) is 27.1 Å². The summed E-state index contributed by atoms with van der Waals surface area (Å²) >= 11 is 3.33. The zero-order valence-corrected chi connectivity index (χ0v) is 19.9. The van der Waals surface area contributed by atoms with Crippen LogP contribution in [0.15, 0.2) is 83.9 Å². The van der Waals surface area contributed by atoms with Gasteiger partial charge in [-0.05, 0) is 67.6 Å². The van der Waals surface area contributed by atoms with Crippen molar-refractivity contribution in [1.29, 1.82) is 0 Å². The highest BCUT2D eigenvalue weighted by Gasteiger charge is 2.25. The molecule has 0 saturated heterocycles. The Morgan fingerprint density at radius 2 is 1.69 bits per heavy atom. The molecule has 2 N–H and O–H groups in total. The summed E-state index contributed by atoms with van der Waals surface area (Å²) in [6.45, 7) is 4.21. The number of anilines is 2. The van der Waals surface area contributed by atoms with Crippen LogP contribution in [-0.2, 0) is 0 Å². The summed E-state index contributed by atoms with van der Waals surface area (Å²) in [6, 6.07) is 23.5. The third-order valence-electron chi connectivity index (χ3n) is 5.39. The molecular weight excluding hydrogens is 434 g/mol. The maximum absolute atomic E-state index is 12.9. The van der Waals surface area contributed by atoms with Crippen molar-refractivity contribution in [2.24, 2.45) is 0 Å². The average Bonchev–Trinajstić information content (AvgIpc) is 3.11. The highest BCUT2D eigenvalue weighted by Crippen LogP contribution is 2.41. The minimum atomic E-state index is -0.156. The van der Waals surface area contributed by atoms with Crippen LogP contribution < -0.4 is 10.6 Å². The summed E-state index contributed by atoms with van der Waals surface area (Å²) in [5, 5.41) is 7.61. The first-order chi connectivity index (χ1) is 15.6. The third kappa shape index (κ3) is 4.87. The molecule has 0 aliphatic heterocycles. The lowest BCUT2D eigenvalue weighted by Crippen LogP contribution is -2.18. The van der Waals surface area contributed by atoms with Crippen LogP contribution in [0.4, 0.5) is 10.8 Å². The number of aromatic nitrogens is 1. The van der Waals surface area contributed by atoms with Crippen molar-refractivity contribution in [1.82, 2.24) is 4.98 Å². The first-order valence-corrected chi connectivity index (χ1v) is 12.4. The zero-order valence-electron chi connectivity index (χ0n) is 18.3. The number of thiophene rings is 1. The average molecular weight is 460 g/mol. The van der Waals surface area contributed by atoms with E-state index >= 15 is 0 Å². The van der Waals surface area contributed by atoms with Crippen molar-refractivity contribution in [2.75, 3.05) is 16.9 Å². The lowest BCUT2D eigenvalue weighted by atomic mass is 9.96. The Hall–Kier alpha value is -3.09. The van der Waals surface area contributed by atoms with Crippen LogP contribution in [0.5, 0.6) is 0 Å². The number of pyridine rings is 1. The predicted molar refractivity (Wildman–Crippen MR) is 136 cm³/mol. The molecule has 4 rings (SSSR count). The number of nitrogens with zero attached hydrogens (tertiary/aromatic N) is 1. The van der Waals surface area contributed by atoms with Crippen molar-refractivity contribution in [3.8, 4) is 0 Å². The van der Waals surface area contributed by atoms with Crippen molar-refractivity contribution in [3.05, 3.63) is 106 Å². The fraction of sp³-hybridized carbons (Fsp3) is 0.154. The fourth-order valence-corrected chi connectivity index (χ4v) is 5.07. The van der Waals surface area contributed by atoms with Gasteiger partial charge in [-0.2, -0.15) is 0 Å². The summed E-state index contributed by atoms with van der Waals surface area (Å²) < 4.78 is 0. The van der Waals surface area contributed by atoms with Gasteiger partial charge in [0.05, 0.1) is 6.04 Å². The van der Waals surface area contributed by atoms with Crippen molar-refractivity contribution in [3.63, 3.8) is 0 Å². The summed E-state index contributed by atoms with van der Waals surface area (Å²) in [7, 11) is 0. The number of rotatable bonds is 7. The predicted octanol–water partition coefficient (Wildman–Crippen LogP) is 6.94. The standard InChI is InChI=1S/C26H25N3OS2/c1-17-18(2)32-26(29-25(30)20-9-5-4-6-10-20)23(17)24(28-22-11-7-8-16-27-22)19-12-14-21(31-3)15-13-19/h4-16,24H,1-3H3,(H,27,28)(H,29,30)/t24-/m1/s1. The Balaban J connectivity index is 1.76. The molecule has 0 radical (unpaired) electrons. The van der Waals surface area contributed by atoms with E-state index in [1.165, 1.54) is 15.3 Å². The lowest BCUT2D eigenvalue weighted by Gasteiger charge is -2.22. The molecule has 2 aromatic heterocycles. The smallest absolute Gasteiger partial charge is 0.256 e. The Morgan fingerprint density at radius 3 is 2.34 bits per heavy atom. The minimum Gasteiger partial charge on any atom is -0.359 e. The molecule has 2 aromatic carbocycles. The Bertz CT molecular complexity index is 1190. The molecular formula is C26H25N3OS2. The van der Waals surface area contributed by atoms with E-state index in [1.54, 1.807) is 29.3 Å². The number of nitrogens with one attached hydrogen (secondary N) is 2. The summed E-state index contributed by atoms with van der Waals surface area (Å²) in [5.41, 5.74) is 3.99. The molecule has 0 fully saturated rings. The molecule has 162 valence electrons. The second-order valence-corrected chi connectivity index (χ2v) is 9.52. The Morgan fingerprint density at radius 1 is 0.969 bits per heavy atom. The molecule has 0 spiro atoms. The second kappa shape index (κ2) is 10.0. The zero-order chi connectivity index (χ0) is 22.5. The van der Waals surface area contributed by atoms with Crippen LogP contribution in [0, 0.1) is 13.8 Å². The van der Waals surface area contributed by atoms with Gasteiger partial charge in [0.1, 0.15) is 10.8 Å². The number of aryl methyl sites for hydroxylation is 1. The van der Waals surface area contributed by atoms with Gasteiger partial charge in [0.2, 0.25) is 0 Å². The maximum atomic E-state index is 12.9. The number of hydrogen-bond donors (Lipinski definition) is 2. The van der Waals surface area contributed by atoms with Gasteiger partial charge < -0.3 is 10.6 Å². The quantitative estimate of drug-likeness (QED) is 0.294. The molecule has 1 amide bonds. The molecule has 0 saturated carbocycles. The van der Waals surface area contributed by atoms with Gasteiger partial charge in [0.15, 0.2) is 0 Å². The van der Waals surface area contributed by atoms with Crippen LogP contribution in [0.1, 0.15) is 38.0 Å². The van der Waals surface area contributed by atoms with Gasteiger partial charge in [-0.3, -0.25) is 4.79 Å². The molecule has 4 aromatic rings. The Kier molecular flexibility index (Phi) is 6.93. The Labute approximate surface area is 197 Å². The van der Waals surface area contributed by atoms with E-state index in [4.69, 9.17) is 0 Å². The van der Waals surface area contributed by atoms with E-state index in [9.17, 15) is 4.79 Å². The number of carbonyl (C=O) groups excluding carboxylic acids is 1. The SMILES string of the molecule is CSc1ccc([C@@H](Nc2ccccn2)c2c(NC(=O)c3ccccc3)sc(C)c2C)cc1. The van der Waals surface area contributed by atoms with Gasteiger partial charge in [0.25, 0.3) is 5.91 Å². The van der Waals surface area contributed by atoms with Crippen LogP contribution in [0.25, 0.3) is 0 Å². The molecule has 2 heterocycles. The normalized spacial score (nSPS) is 11.7. The van der Waals surface area contributed by atoms with E-state index in [2.05, 4.69) is 60.0 Å². The van der Waals surface area contributed by atoms with Gasteiger partial charge in [-0.15, -0.1) is 23.1 Å². The summed E-state index contributed by atoms with van der Waals surface area (Å²) in [6.07, 6.45) is 3.85. The number of hydrogen-bond acceptors (Lipinski definition) is 5. The van der Waals surface area contributed by atoms with Crippen LogP contribution in [-0.4, -0.2) is 17.1 Å². The van der Waals surface area contributed by atoms with E-state index in [-0.39, 0.29) is 11.9 Å². The highest BCUT2D eigenvalue weighted by atomic mass is 32.2. The molecule has 32 heavy (non-hydrogen) atoms. The number of carbonyl (C=O) groups is 1.